The number of rotatable bonds is 7. The van der Waals surface area contributed by atoms with Gasteiger partial charge in [0.15, 0.2) is 0 Å². The molecular weight excluding hydrogens is 851 g/mol. The lowest BCUT2D eigenvalue weighted by atomic mass is 9.67. The van der Waals surface area contributed by atoms with Crippen LogP contribution in [-0.4, -0.2) is 0 Å². The zero-order chi connectivity index (χ0) is 48.5. The highest BCUT2D eigenvalue weighted by molar-refractivity contribution is 7.20. The van der Waals surface area contributed by atoms with Gasteiger partial charge in [-0.25, -0.2) is 0 Å². The lowest BCUT2D eigenvalue weighted by Crippen LogP contribution is -2.29. The fourth-order valence-corrected chi connectivity index (χ4v) is 10.7. The monoisotopic (exact) mass is 913 g/mol. The van der Waals surface area contributed by atoms with Gasteiger partial charge in [-0.2, -0.15) is 0 Å². The van der Waals surface area contributed by atoms with Crippen LogP contribution in [0.1, 0.15) is 81.3 Å². The van der Waals surface area contributed by atoms with Crippen LogP contribution in [0, 0.1) is 34.6 Å². The van der Waals surface area contributed by atoms with Crippen molar-refractivity contribution < 1.29 is 0 Å². The first-order valence-electron chi connectivity index (χ1n) is 24.2. The van der Waals surface area contributed by atoms with E-state index in [0.29, 0.717) is 0 Å². The van der Waals surface area contributed by atoms with Crippen LogP contribution in [0.4, 0.5) is 17.1 Å². The summed E-state index contributed by atoms with van der Waals surface area (Å²) in [7, 11) is 0. The summed E-state index contributed by atoms with van der Waals surface area (Å²) in [6.07, 6.45) is 6.18. The highest BCUT2D eigenvalue weighted by Gasteiger charge is 2.47. The van der Waals surface area contributed by atoms with E-state index in [1.165, 1.54) is 98.2 Å². The molecule has 1 aliphatic rings. The Morgan fingerprint density at radius 1 is 0.464 bits per heavy atom. The molecule has 0 fully saturated rings. The van der Waals surface area contributed by atoms with Crippen LogP contribution < -0.4 is 4.90 Å². The van der Waals surface area contributed by atoms with Gasteiger partial charge in [-0.05, 0) is 128 Å². The van der Waals surface area contributed by atoms with Gasteiger partial charge in [0.25, 0.3) is 0 Å². The first-order chi connectivity index (χ1) is 33.7. The molecule has 0 N–H and O–H groups in total. The highest BCUT2D eigenvalue weighted by atomic mass is 32.1. The van der Waals surface area contributed by atoms with E-state index in [1.54, 1.807) is 11.3 Å². The molecule has 9 aromatic carbocycles. The molecule has 1 heterocycles. The summed E-state index contributed by atoms with van der Waals surface area (Å²) >= 11 is 1.80. The van der Waals surface area contributed by atoms with Crippen molar-refractivity contribution in [3.05, 3.63) is 279 Å². The third-order valence-electron chi connectivity index (χ3n) is 12.9. The minimum atomic E-state index is -0.490. The molecule has 2 heteroatoms. The minimum absolute atomic E-state index is 0.490. The number of thiophene rings is 1. The van der Waals surface area contributed by atoms with Gasteiger partial charge < -0.3 is 4.90 Å². The number of hydrogen-bond acceptors (Lipinski definition) is 2. The number of allylic oxidation sites excluding steroid dienone is 1. The second kappa shape index (κ2) is 21.6. The number of para-hydroxylation sites is 2. The van der Waals surface area contributed by atoms with E-state index in [4.69, 9.17) is 0 Å². The van der Waals surface area contributed by atoms with Crippen LogP contribution in [0.3, 0.4) is 0 Å². The van der Waals surface area contributed by atoms with Crippen molar-refractivity contribution in [1.82, 2.24) is 0 Å². The van der Waals surface area contributed by atoms with E-state index < -0.39 is 5.41 Å². The largest absolute Gasteiger partial charge is 0.310 e. The number of nitrogens with zero attached hydrogens (tertiary/aromatic N) is 1. The van der Waals surface area contributed by atoms with Gasteiger partial charge in [0.05, 0.1) is 11.1 Å². The molecule has 0 bridgehead atoms. The Morgan fingerprint density at radius 2 is 0.942 bits per heavy atom. The quantitative estimate of drug-likeness (QED) is 0.154. The van der Waals surface area contributed by atoms with E-state index in [-0.39, 0.29) is 0 Å². The third kappa shape index (κ3) is 9.64. The van der Waals surface area contributed by atoms with Gasteiger partial charge in [0.2, 0.25) is 0 Å². The van der Waals surface area contributed by atoms with Gasteiger partial charge in [-0.15, -0.1) is 11.3 Å². The van der Waals surface area contributed by atoms with Gasteiger partial charge in [0.1, 0.15) is 0 Å². The van der Waals surface area contributed by atoms with E-state index >= 15 is 0 Å². The van der Waals surface area contributed by atoms with Crippen molar-refractivity contribution in [2.75, 3.05) is 4.90 Å². The van der Waals surface area contributed by atoms with Crippen LogP contribution in [0.15, 0.2) is 219 Å². The summed E-state index contributed by atoms with van der Waals surface area (Å²) in [6.45, 7) is 20.7. The van der Waals surface area contributed by atoms with Crippen LogP contribution in [0.5, 0.6) is 0 Å². The molecule has 0 saturated heterocycles. The molecule has 0 radical (unpaired) electrons. The number of aryl methyl sites for hydroxylation is 5. The van der Waals surface area contributed by atoms with E-state index in [1.807, 2.05) is 45.0 Å². The van der Waals surface area contributed by atoms with E-state index in [0.717, 1.165) is 11.4 Å². The Balaban J connectivity index is 0.000000219. The topological polar surface area (TPSA) is 3.24 Å². The normalized spacial score (nSPS) is 11.9. The molecule has 1 nitrogen and oxygen atoms in total. The summed E-state index contributed by atoms with van der Waals surface area (Å²) in [5.41, 5.74) is 18.6. The van der Waals surface area contributed by atoms with Crippen molar-refractivity contribution in [2.45, 2.75) is 60.8 Å². The maximum Gasteiger partial charge on any atom is 0.0714 e. The molecule has 69 heavy (non-hydrogen) atoms. The molecule has 0 aliphatic heterocycles. The fraction of sp³-hybridized carbons (Fsp3) is 0.134. The Kier molecular flexibility index (Phi) is 15.0. The molecule has 0 atom stereocenters. The molecule has 0 amide bonds. The second-order valence-corrected chi connectivity index (χ2v) is 18.7. The molecule has 0 spiro atoms. The zero-order valence-corrected chi connectivity index (χ0v) is 42.2. The van der Waals surface area contributed by atoms with Crippen molar-refractivity contribution in [1.29, 1.82) is 0 Å². The molecule has 11 rings (SSSR count). The summed E-state index contributed by atoms with van der Waals surface area (Å²) in [4.78, 5) is 3.68. The first kappa shape index (κ1) is 48.0. The summed E-state index contributed by atoms with van der Waals surface area (Å²) in [5.74, 6) is 0. The molecular formula is C67H63NS. The molecule has 0 unspecified atom stereocenters. The maximum atomic E-state index is 3.87. The number of hydrogen-bond donors (Lipinski definition) is 0. The zero-order valence-electron chi connectivity index (χ0n) is 41.4. The molecule has 1 aromatic heterocycles. The van der Waals surface area contributed by atoms with Gasteiger partial charge >= 0.3 is 0 Å². The molecule has 1 aliphatic carbocycles. The summed E-state index contributed by atoms with van der Waals surface area (Å²) < 4.78 is 1.34. The van der Waals surface area contributed by atoms with Crippen LogP contribution in [0.2, 0.25) is 0 Å². The van der Waals surface area contributed by atoms with Crippen molar-refractivity contribution in [2.24, 2.45) is 0 Å². The standard InChI is InChI=1S/C44H35N.C14H14S.C7H8.C2H6/c1-30-18-23-33(24-19-30)44(34-25-20-31(2)21-26-34)40-28-32(3)22-27-39(40)43-38-17-11-10-16-37(38)42(29-41(43)44)45(35-12-6-4-7-13-35)36-14-8-5-9-15-36;1-4-6-11-12-9-10(3)7-8-14(12)15-13(11)5-2;1-7-5-3-2-4-6-7;1-2/h4-29H,1-3H3;4-9H,2H2,1,3H3;2-6H,1H3;1-2H3/b;6-4-;;. The molecule has 0 saturated carbocycles. The summed E-state index contributed by atoms with van der Waals surface area (Å²) in [5, 5.41) is 3.85. The Labute approximate surface area is 415 Å². The fourth-order valence-electron chi connectivity index (χ4n) is 9.71. The highest BCUT2D eigenvalue weighted by Crippen LogP contribution is 2.60. The minimum Gasteiger partial charge on any atom is -0.310 e. The molecule has 342 valence electrons. The van der Waals surface area contributed by atoms with Gasteiger partial charge in [0, 0.05) is 31.7 Å². The smallest absolute Gasteiger partial charge is 0.0714 e. The molecule has 10 aromatic rings. The van der Waals surface area contributed by atoms with Crippen LogP contribution >= 0.6 is 11.3 Å². The van der Waals surface area contributed by atoms with Crippen molar-refractivity contribution in [3.8, 4) is 11.1 Å². The van der Waals surface area contributed by atoms with Crippen molar-refractivity contribution in [3.63, 3.8) is 0 Å². The Morgan fingerprint density at radius 3 is 1.46 bits per heavy atom. The SMILES string of the molecule is C=Cc1sc2ccc(C)cc2c1/C=C\C.CC.Cc1ccc(C2(c3ccc(C)cc3)c3cc(C)ccc3-c3c2cc(N(c2ccccc2)c2ccccc2)c2ccccc32)cc1.Cc1ccccc1. The predicted molar refractivity (Wildman–Crippen MR) is 304 cm³/mol. The van der Waals surface area contributed by atoms with Gasteiger partial charge in [-0.3, -0.25) is 0 Å². The second-order valence-electron chi connectivity index (χ2n) is 17.6. The summed E-state index contributed by atoms with van der Waals surface area (Å²) in [6, 6.07) is 75.3. The van der Waals surface area contributed by atoms with Crippen LogP contribution in [-0.2, 0) is 5.41 Å². The Hall–Kier alpha value is -7.52. The van der Waals surface area contributed by atoms with Crippen LogP contribution in [0.25, 0.3) is 44.1 Å². The number of benzene rings is 9. The maximum absolute atomic E-state index is 3.87. The number of fused-ring (bicyclic) bond motifs is 6. The third-order valence-corrected chi connectivity index (χ3v) is 14.1. The average Bonchev–Trinajstić information content (AvgIpc) is 3.88. The predicted octanol–water partition coefficient (Wildman–Crippen LogP) is 19.5. The van der Waals surface area contributed by atoms with Crippen molar-refractivity contribution >= 4 is 61.4 Å². The lowest BCUT2D eigenvalue weighted by molar-refractivity contribution is 0.767. The lowest BCUT2D eigenvalue weighted by Gasteiger charge is -2.35. The first-order valence-corrected chi connectivity index (χ1v) is 25.0. The average molecular weight is 914 g/mol. The van der Waals surface area contributed by atoms with Gasteiger partial charge in [-0.1, -0.05) is 230 Å². The Bertz CT molecular complexity index is 3260. The number of anilines is 3. The van der Waals surface area contributed by atoms with E-state index in [2.05, 4.69) is 246 Å². The van der Waals surface area contributed by atoms with E-state index in [9.17, 15) is 0 Å².